The van der Waals surface area contributed by atoms with E-state index in [4.69, 9.17) is 0 Å². The first-order valence-corrected chi connectivity index (χ1v) is 7.01. The Balaban J connectivity index is 2.21. The van der Waals surface area contributed by atoms with Crippen LogP contribution >= 0.6 is 0 Å². The molecule has 2 rings (SSSR count). The van der Waals surface area contributed by atoms with Crippen molar-refractivity contribution in [1.29, 1.82) is 0 Å². The molecule has 1 aromatic heterocycles. The van der Waals surface area contributed by atoms with Gasteiger partial charge in [-0.05, 0) is 49.8 Å². The summed E-state index contributed by atoms with van der Waals surface area (Å²) in [5.74, 6) is 0.617. The lowest BCUT2D eigenvalue weighted by molar-refractivity contribution is 0.545. The smallest absolute Gasteiger partial charge is 0.255 e. The van der Waals surface area contributed by atoms with E-state index in [1.54, 1.807) is 0 Å². The molecule has 0 unspecified atom stereocenters. The van der Waals surface area contributed by atoms with Crippen LogP contribution in [0.2, 0.25) is 0 Å². The highest BCUT2D eigenvalue weighted by Crippen LogP contribution is 2.20. The molecule has 1 N–H and O–H groups in total. The van der Waals surface area contributed by atoms with E-state index in [0.717, 1.165) is 24.9 Å². The van der Waals surface area contributed by atoms with Crippen molar-refractivity contribution >= 4 is 0 Å². The van der Waals surface area contributed by atoms with Crippen molar-refractivity contribution in [2.75, 3.05) is 6.54 Å². The first-order valence-electron chi connectivity index (χ1n) is 7.01. The van der Waals surface area contributed by atoms with Crippen molar-refractivity contribution in [3.63, 3.8) is 0 Å². The van der Waals surface area contributed by atoms with Gasteiger partial charge in [-0.25, -0.2) is 0 Å². The lowest BCUT2D eigenvalue weighted by Crippen LogP contribution is -2.30. The highest BCUT2D eigenvalue weighted by molar-refractivity contribution is 5.28. The molecular weight excluding hydrogens is 224 g/mol. The normalized spacial score (nSPS) is 14.9. The van der Waals surface area contributed by atoms with Gasteiger partial charge in [-0.3, -0.25) is 4.79 Å². The van der Waals surface area contributed by atoms with Gasteiger partial charge in [0.1, 0.15) is 0 Å². The van der Waals surface area contributed by atoms with Gasteiger partial charge in [0, 0.05) is 24.8 Å². The second-order valence-corrected chi connectivity index (χ2v) is 5.74. The van der Waals surface area contributed by atoms with Crippen LogP contribution in [0.4, 0.5) is 0 Å². The van der Waals surface area contributed by atoms with Crippen molar-refractivity contribution in [2.45, 2.75) is 46.1 Å². The molecule has 0 saturated carbocycles. The van der Waals surface area contributed by atoms with Gasteiger partial charge in [0.05, 0.1) is 0 Å². The number of hydrogen-bond donors (Lipinski definition) is 1. The first-order chi connectivity index (χ1) is 8.59. The third kappa shape index (κ3) is 2.83. The molecule has 0 saturated heterocycles. The fourth-order valence-corrected chi connectivity index (χ4v) is 2.68. The average Bonchev–Trinajstić information content (AvgIpc) is 2.35. The van der Waals surface area contributed by atoms with Crippen LogP contribution in [-0.4, -0.2) is 11.1 Å². The van der Waals surface area contributed by atoms with Gasteiger partial charge < -0.3 is 9.88 Å². The van der Waals surface area contributed by atoms with E-state index in [1.165, 1.54) is 24.1 Å². The summed E-state index contributed by atoms with van der Waals surface area (Å²) >= 11 is 0. The Bertz CT molecular complexity index is 474. The zero-order valence-electron chi connectivity index (χ0n) is 11.8. The van der Waals surface area contributed by atoms with E-state index >= 15 is 0 Å². The maximum Gasteiger partial charge on any atom is 0.255 e. The third-order valence-corrected chi connectivity index (χ3v) is 3.68. The van der Waals surface area contributed by atoms with Crippen LogP contribution in [0.15, 0.2) is 10.9 Å². The van der Waals surface area contributed by atoms with Crippen LogP contribution in [0.3, 0.4) is 0 Å². The molecule has 0 amide bonds. The molecular formula is C15H24N2O. The van der Waals surface area contributed by atoms with Crippen LogP contribution in [0.5, 0.6) is 0 Å². The van der Waals surface area contributed by atoms with Gasteiger partial charge in [-0.15, -0.1) is 0 Å². The first kappa shape index (κ1) is 13.3. The maximum atomic E-state index is 12.2. The molecule has 0 spiro atoms. The Labute approximate surface area is 109 Å². The zero-order chi connectivity index (χ0) is 13.1. The summed E-state index contributed by atoms with van der Waals surface area (Å²) in [6.07, 6.45) is 4.65. The van der Waals surface area contributed by atoms with Gasteiger partial charge in [0.2, 0.25) is 0 Å². The molecule has 1 aliphatic rings. The lowest BCUT2D eigenvalue weighted by atomic mass is 9.94. The molecule has 0 radical (unpaired) electrons. The molecule has 100 valence electrons. The summed E-state index contributed by atoms with van der Waals surface area (Å²) in [5, 5.41) is 3.36. The summed E-state index contributed by atoms with van der Waals surface area (Å²) in [4.78, 5) is 12.2. The number of rotatable bonds is 4. The van der Waals surface area contributed by atoms with Crippen molar-refractivity contribution in [2.24, 2.45) is 13.0 Å². The highest BCUT2D eigenvalue weighted by Gasteiger charge is 2.15. The number of pyridine rings is 1. The van der Waals surface area contributed by atoms with E-state index in [2.05, 4.69) is 25.2 Å². The van der Waals surface area contributed by atoms with Gasteiger partial charge in [-0.2, -0.15) is 0 Å². The predicted octanol–water partition coefficient (Wildman–Crippen LogP) is 2.01. The number of fused-ring (bicyclic) bond motifs is 1. The lowest BCUT2D eigenvalue weighted by Gasteiger charge is -2.20. The summed E-state index contributed by atoms with van der Waals surface area (Å²) in [6, 6.07) is 2.13. The minimum absolute atomic E-state index is 0.173. The van der Waals surface area contributed by atoms with Crippen LogP contribution in [0, 0.1) is 5.92 Å². The Morgan fingerprint density at radius 1 is 1.33 bits per heavy atom. The Kier molecular flexibility index (Phi) is 4.23. The summed E-state index contributed by atoms with van der Waals surface area (Å²) in [6.45, 7) is 6.01. The number of aryl methyl sites for hydroxylation is 1. The predicted molar refractivity (Wildman–Crippen MR) is 74.9 cm³/mol. The maximum absolute atomic E-state index is 12.2. The topological polar surface area (TPSA) is 34.0 Å². The fraction of sp³-hybridized carbons (Fsp3) is 0.667. The van der Waals surface area contributed by atoms with Gasteiger partial charge >= 0.3 is 0 Å². The number of aromatic nitrogens is 1. The standard InChI is InChI=1S/C15H24N2O/c1-11(2)9-16-10-13-8-12-6-4-5-7-14(12)17(3)15(13)18/h8,11,16H,4-7,9-10H2,1-3H3. The SMILES string of the molecule is CC(C)CNCc1cc2c(n(C)c1=O)CCCC2. The molecule has 0 fully saturated rings. The van der Waals surface area contributed by atoms with E-state index in [9.17, 15) is 4.79 Å². The van der Waals surface area contributed by atoms with E-state index < -0.39 is 0 Å². The third-order valence-electron chi connectivity index (χ3n) is 3.68. The summed E-state index contributed by atoms with van der Waals surface area (Å²) in [7, 11) is 1.92. The molecule has 1 aromatic rings. The van der Waals surface area contributed by atoms with Crippen LogP contribution in [0.25, 0.3) is 0 Å². The highest BCUT2D eigenvalue weighted by atomic mass is 16.1. The molecule has 0 aromatic carbocycles. The monoisotopic (exact) mass is 248 g/mol. The van der Waals surface area contributed by atoms with Gasteiger partial charge in [0.15, 0.2) is 0 Å². The molecule has 18 heavy (non-hydrogen) atoms. The van der Waals surface area contributed by atoms with Crippen LogP contribution in [0.1, 0.15) is 43.5 Å². The minimum Gasteiger partial charge on any atom is -0.315 e. The Morgan fingerprint density at radius 2 is 2.06 bits per heavy atom. The van der Waals surface area contributed by atoms with E-state index in [1.807, 2.05) is 11.6 Å². The van der Waals surface area contributed by atoms with E-state index in [0.29, 0.717) is 12.5 Å². The largest absolute Gasteiger partial charge is 0.315 e. The summed E-state index contributed by atoms with van der Waals surface area (Å²) < 4.78 is 1.86. The zero-order valence-corrected chi connectivity index (χ0v) is 11.8. The molecule has 0 aliphatic heterocycles. The molecule has 3 nitrogen and oxygen atoms in total. The van der Waals surface area contributed by atoms with Crippen molar-refractivity contribution < 1.29 is 0 Å². The van der Waals surface area contributed by atoms with Crippen molar-refractivity contribution in [3.05, 3.63) is 33.2 Å². The van der Waals surface area contributed by atoms with Gasteiger partial charge in [0.25, 0.3) is 5.56 Å². The van der Waals surface area contributed by atoms with Crippen LogP contribution in [-0.2, 0) is 26.4 Å². The second kappa shape index (κ2) is 5.70. The Hall–Kier alpha value is -1.09. The van der Waals surface area contributed by atoms with Crippen molar-refractivity contribution in [3.8, 4) is 0 Å². The quantitative estimate of drug-likeness (QED) is 0.884. The minimum atomic E-state index is 0.173. The van der Waals surface area contributed by atoms with Gasteiger partial charge in [-0.1, -0.05) is 13.8 Å². The fourth-order valence-electron chi connectivity index (χ4n) is 2.68. The van der Waals surface area contributed by atoms with Crippen molar-refractivity contribution in [1.82, 2.24) is 9.88 Å². The molecule has 0 atom stereocenters. The molecule has 1 heterocycles. The number of hydrogen-bond acceptors (Lipinski definition) is 2. The average molecular weight is 248 g/mol. The molecule has 0 bridgehead atoms. The van der Waals surface area contributed by atoms with E-state index in [-0.39, 0.29) is 5.56 Å². The van der Waals surface area contributed by atoms with Crippen LogP contribution < -0.4 is 10.9 Å². The second-order valence-electron chi connectivity index (χ2n) is 5.74. The summed E-state index contributed by atoms with van der Waals surface area (Å²) in [5.41, 5.74) is 3.72. The Morgan fingerprint density at radius 3 is 2.78 bits per heavy atom. The molecule has 1 aliphatic carbocycles. The number of nitrogens with zero attached hydrogens (tertiary/aromatic N) is 1. The number of nitrogens with one attached hydrogen (secondary N) is 1. The molecule has 3 heteroatoms.